The average molecular weight is 224 g/mol. The van der Waals surface area contributed by atoms with Crippen molar-refractivity contribution < 1.29 is 14.5 Å². The van der Waals surface area contributed by atoms with Gasteiger partial charge in [0, 0.05) is 19.2 Å². The number of benzene rings is 1. The molecule has 16 heavy (non-hydrogen) atoms. The van der Waals surface area contributed by atoms with Gasteiger partial charge in [-0.05, 0) is 13.0 Å². The zero-order valence-corrected chi connectivity index (χ0v) is 9.02. The highest BCUT2D eigenvalue weighted by Gasteiger charge is 2.16. The quantitative estimate of drug-likeness (QED) is 0.618. The predicted octanol–water partition coefficient (Wildman–Crippen LogP) is 1.35. The third-order valence-electron chi connectivity index (χ3n) is 1.95. The average Bonchev–Trinajstić information content (AvgIpc) is 2.28. The Kier molecular flexibility index (Phi) is 3.82. The van der Waals surface area contributed by atoms with E-state index in [0.717, 1.165) is 0 Å². The molecule has 0 saturated carbocycles. The van der Waals surface area contributed by atoms with Crippen LogP contribution < -0.4 is 10.1 Å². The van der Waals surface area contributed by atoms with Gasteiger partial charge in [0.15, 0.2) is 0 Å². The number of carbonyl (C=O) groups excluding carboxylic acids is 1. The van der Waals surface area contributed by atoms with E-state index in [9.17, 15) is 14.9 Å². The molecule has 0 aliphatic rings. The number of hydrogen-bond acceptors (Lipinski definition) is 4. The maximum absolute atomic E-state index is 11.5. The van der Waals surface area contributed by atoms with Crippen LogP contribution in [0.3, 0.4) is 0 Å². The number of ether oxygens (including phenoxy) is 1. The number of non-ortho nitro benzene ring substituents is 1. The van der Waals surface area contributed by atoms with Gasteiger partial charge >= 0.3 is 0 Å². The van der Waals surface area contributed by atoms with Crippen LogP contribution in [-0.4, -0.2) is 24.5 Å². The van der Waals surface area contributed by atoms with Crippen LogP contribution in [0.15, 0.2) is 18.2 Å². The Bertz CT molecular complexity index is 417. The van der Waals surface area contributed by atoms with E-state index in [4.69, 9.17) is 4.74 Å². The van der Waals surface area contributed by atoms with Crippen molar-refractivity contribution in [2.75, 3.05) is 13.7 Å². The van der Waals surface area contributed by atoms with Crippen LogP contribution in [-0.2, 0) is 0 Å². The molecule has 1 rings (SSSR count). The van der Waals surface area contributed by atoms with Crippen molar-refractivity contribution in [2.24, 2.45) is 0 Å². The van der Waals surface area contributed by atoms with Crippen LogP contribution in [0.25, 0.3) is 0 Å². The fourth-order valence-electron chi connectivity index (χ4n) is 1.23. The summed E-state index contributed by atoms with van der Waals surface area (Å²) in [7, 11) is 1.46. The molecule has 1 amide bonds. The molecule has 0 heterocycles. The maximum Gasteiger partial charge on any atom is 0.270 e. The van der Waals surface area contributed by atoms with E-state index in [-0.39, 0.29) is 11.3 Å². The Labute approximate surface area is 92.4 Å². The summed E-state index contributed by atoms with van der Waals surface area (Å²) in [6.45, 7) is 2.16. The van der Waals surface area contributed by atoms with Gasteiger partial charge in [0.25, 0.3) is 11.6 Å². The van der Waals surface area contributed by atoms with Gasteiger partial charge in [0.05, 0.1) is 17.1 Å². The van der Waals surface area contributed by atoms with Gasteiger partial charge in [-0.2, -0.15) is 0 Å². The molecule has 1 aromatic rings. The largest absolute Gasteiger partial charge is 0.493 e. The summed E-state index contributed by atoms with van der Waals surface area (Å²) >= 11 is 0. The van der Waals surface area contributed by atoms with Crippen molar-refractivity contribution >= 4 is 11.6 Å². The third kappa shape index (κ3) is 2.47. The van der Waals surface area contributed by atoms with Gasteiger partial charge in [-0.15, -0.1) is 0 Å². The summed E-state index contributed by atoms with van der Waals surface area (Å²) in [5, 5.41) is 13.0. The van der Waals surface area contributed by atoms with Crippen LogP contribution in [0.5, 0.6) is 5.75 Å². The van der Waals surface area contributed by atoms with Crippen molar-refractivity contribution in [1.82, 2.24) is 5.32 Å². The zero-order chi connectivity index (χ0) is 12.1. The van der Waals surface area contributed by atoms with E-state index in [2.05, 4.69) is 5.32 Å². The molecule has 0 unspecified atom stereocenters. The van der Waals surface area contributed by atoms with Crippen LogP contribution in [0.4, 0.5) is 5.69 Å². The van der Waals surface area contributed by atoms with Crippen LogP contribution in [0, 0.1) is 10.1 Å². The molecule has 0 fully saturated rings. The summed E-state index contributed by atoms with van der Waals surface area (Å²) in [4.78, 5) is 21.5. The second kappa shape index (κ2) is 5.11. The van der Waals surface area contributed by atoms with Crippen LogP contribution in [0.1, 0.15) is 17.3 Å². The van der Waals surface area contributed by atoms with Crippen molar-refractivity contribution in [3.63, 3.8) is 0 Å². The summed E-state index contributed by atoms with van der Waals surface area (Å²) in [5.41, 5.74) is 0.0283. The minimum absolute atomic E-state index is 0.137. The number of rotatable bonds is 4. The van der Waals surface area contributed by atoms with E-state index in [1.807, 2.05) is 0 Å². The molecule has 0 aliphatic carbocycles. The first-order valence-electron chi connectivity index (χ1n) is 4.73. The van der Waals surface area contributed by atoms with Gasteiger partial charge in [-0.3, -0.25) is 14.9 Å². The summed E-state index contributed by atoms with van der Waals surface area (Å²) in [6.07, 6.45) is 0. The maximum atomic E-state index is 11.5. The molecule has 0 spiro atoms. The molecule has 0 aliphatic heterocycles. The minimum atomic E-state index is -0.553. The fourth-order valence-corrected chi connectivity index (χ4v) is 1.23. The van der Waals surface area contributed by atoms with E-state index >= 15 is 0 Å². The summed E-state index contributed by atoms with van der Waals surface area (Å²) in [5.74, 6) is -0.0698. The van der Waals surface area contributed by atoms with Gasteiger partial charge < -0.3 is 10.1 Å². The lowest BCUT2D eigenvalue weighted by Gasteiger charge is -2.08. The topological polar surface area (TPSA) is 81.5 Å². The minimum Gasteiger partial charge on any atom is -0.493 e. The first kappa shape index (κ1) is 12.0. The highest BCUT2D eigenvalue weighted by Crippen LogP contribution is 2.24. The van der Waals surface area contributed by atoms with Crippen LogP contribution >= 0.6 is 0 Å². The Morgan fingerprint density at radius 3 is 2.75 bits per heavy atom. The second-order valence-electron chi connectivity index (χ2n) is 2.95. The highest BCUT2D eigenvalue weighted by atomic mass is 16.6. The molecule has 0 radical (unpaired) electrons. The smallest absolute Gasteiger partial charge is 0.270 e. The number of nitrogens with one attached hydrogen (secondary N) is 1. The lowest BCUT2D eigenvalue weighted by atomic mass is 10.1. The first-order valence-corrected chi connectivity index (χ1v) is 4.73. The van der Waals surface area contributed by atoms with Crippen molar-refractivity contribution in [3.8, 4) is 5.75 Å². The number of hydrogen-bond donors (Lipinski definition) is 1. The van der Waals surface area contributed by atoms with E-state index in [1.54, 1.807) is 6.92 Å². The fraction of sp³-hybridized carbons (Fsp3) is 0.300. The number of nitro benzene ring substituents is 1. The molecule has 1 N–H and O–H groups in total. The number of nitrogens with zero attached hydrogens (tertiary/aromatic N) is 1. The van der Waals surface area contributed by atoms with E-state index in [0.29, 0.717) is 12.4 Å². The highest BCUT2D eigenvalue weighted by molar-refractivity contribution is 5.97. The Balaban J connectivity index is 3.20. The summed E-state index contributed by atoms with van der Waals surface area (Å²) in [6, 6.07) is 3.92. The first-order chi connectivity index (χ1) is 7.60. The van der Waals surface area contributed by atoms with E-state index in [1.165, 1.54) is 25.2 Å². The van der Waals surface area contributed by atoms with Gasteiger partial charge in [-0.25, -0.2) is 0 Å². The monoisotopic (exact) mass is 224 g/mol. The standard InChI is InChI=1S/C10H12N2O4/c1-3-16-9-5-4-7(12(14)15)6-8(9)10(13)11-2/h4-6H,3H2,1-2H3,(H,11,13). The molecule has 1 aromatic carbocycles. The van der Waals surface area contributed by atoms with Crippen molar-refractivity contribution in [2.45, 2.75) is 6.92 Å². The van der Waals surface area contributed by atoms with E-state index < -0.39 is 10.8 Å². The zero-order valence-electron chi connectivity index (χ0n) is 9.02. The molecular weight excluding hydrogens is 212 g/mol. The third-order valence-corrected chi connectivity index (χ3v) is 1.95. The van der Waals surface area contributed by atoms with Crippen molar-refractivity contribution in [3.05, 3.63) is 33.9 Å². The number of amides is 1. The second-order valence-corrected chi connectivity index (χ2v) is 2.95. The normalized spacial score (nSPS) is 9.62. The molecule has 6 heteroatoms. The molecule has 0 atom stereocenters. The predicted molar refractivity (Wildman–Crippen MR) is 57.7 cm³/mol. The summed E-state index contributed by atoms with van der Waals surface area (Å²) < 4.78 is 5.21. The molecule has 0 bridgehead atoms. The Morgan fingerprint density at radius 1 is 1.56 bits per heavy atom. The molecule has 0 aromatic heterocycles. The van der Waals surface area contributed by atoms with Gasteiger partial charge in [-0.1, -0.05) is 0 Å². The van der Waals surface area contributed by atoms with Crippen LogP contribution in [0.2, 0.25) is 0 Å². The van der Waals surface area contributed by atoms with Crippen molar-refractivity contribution in [1.29, 1.82) is 0 Å². The van der Waals surface area contributed by atoms with Gasteiger partial charge in [0.1, 0.15) is 5.75 Å². The Hall–Kier alpha value is -2.11. The molecule has 6 nitrogen and oxygen atoms in total. The lowest BCUT2D eigenvalue weighted by Crippen LogP contribution is -2.19. The SMILES string of the molecule is CCOc1ccc([N+](=O)[O-])cc1C(=O)NC. The van der Waals surface area contributed by atoms with Gasteiger partial charge in [0.2, 0.25) is 0 Å². The molecular formula is C10H12N2O4. The lowest BCUT2D eigenvalue weighted by molar-refractivity contribution is -0.384. The molecule has 0 saturated heterocycles. The molecule has 86 valence electrons. The number of carbonyl (C=O) groups is 1. The Morgan fingerprint density at radius 2 is 2.25 bits per heavy atom. The number of nitro groups is 1.